The predicted molar refractivity (Wildman–Crippen MR) is 52.7 cm³/mol. The van der Waals surface area contributed by atoms with Gasteiger partial charge in [0.25, 0.3) is 0 Å². The molecule has 70 valence electrons. The van der Waals surface area contributed by atoms with Crippen molar-refractivity contribution in [2.24, 2.45) is 5.92 Å². The van der Waals surface area contributed by atoms with Crippen molar-refractivity contribution in [1.82, 2.24) is 4.90 Å². The molecule has 1 heterocycles. The zero-order chi connectivity index (χ0) is 8.39. The third-order valence-electron chi connectivity index (χ3n) is 3.50. The van der Waals surface area contributed by atoms with E-state index in [1.54, 1.807) is 0 Å². The lowest BCUT2D eigenvalue weighted by molar-refractivity contribution is 0.191. The van der Waals surface area contributed by atoms with E-state index < -0.39 is 0 Å². The Morgan fingerprint density at radius 2 is 2.00 bits per heavy atom. The van der Waals surface area contributed by atoms with Crippen molar-refractivity contribution < 1.29 is 0 Å². The molecule has 2 heteroatoms. The van der Waals surface area contributed by atoms with E-state index in [1.807, 2.05) is 0 Å². The van der Waals surface area contributed by atoms with Gasteiger partial charge in [-0.25, -0.2) is 0 Å². The zero-order valence-electron chi connectivity index (χ0n) is 7.64. The number of halogens is 1. The fraction of sp³-hybridized carbons (Fsp3) is 1.00. The smallest absolute Gasteiger partial charge is 0.0351 e. The highest BCUT2D eigenvalue weighted by Crippen LogP contribution is 2.35. The first-order valence-electron chi connectivity index (χ1n) is 5.22. The van der Waals surface area contributed by atoms with E-state index in [0.29, 0.717) is 0 Å². The molecule has 0 amide bonds. The molecule has 0 radical (unpaired) electrons. The summed E-state index contributed by atoms with van der Waals surface area (Å²) in [6.45, 7) is 2.42. The molecule has 0 aromatic heterocycles. The van der Waals surface area contributed by atoms with Crippen molar-refractivity contribution in [3.63, 3.8) is 0 Å². The van der Waals surface area contributed by atoms with Crippen LogP contribution in [0.25, 0.3) is 0 Å². The number of nitrogens with zero attached hydrogens (tertiary/aromatic N) is 1. The Bertz CT molecular complexity index is 149. The standard InChI is InChI=1S/C10H18ClN/c11-6-8-12-7-5-9-3-1-2-4-10(9)12/h9-10H,1-8H2/t9-,10-/m0/s1. The van der Waals surface area contributed by atoms with Gasteiger partial charge in [-0.3, -0.25) is 4.90 Å². The average Bonchev–Trinajstić information content (AvgIpc) is 2.50. The summed E-state index contributed by atoms with van der Waals surface area (Å²) < 4.78 is 0. The highest BCUT2D eigenvalue weighted by atomic mass is 35.5. The molecule has 1 aliphatic carbocycles. The molecule has 0 bridgehead atoms. The summed E-state index contributed by atoms with van der Waals surface area (Å²) in [5, 5.41) is 0. The summed E-state index contributed by atoms with van der Waals surface area (Å²) in [5.74, 6) is 1.82. The Hall–Kier alpha value is 0.250. The molecule has 2 fully saturated rings. The number of hydrogen-bond donors (Lipinski definition) is 0. The van der Waals surface area contributed by atoms with E-state index in [9.17, 15) is 0 Å². The minimum Gasteiger partial charge on any atom is -0.299 e. The van der Waals surface area contributed by atoms with Crippen molar-refractivity contribution in [3.8, 4) is 0 Å². The van der Waals surface area contributed by atoms with E-state index >= 15 is 0 Å². The number of alkyl halides is 1. The van der Waals surface area contributed by atoms with E-state index in [1.165, 1.54) is 38.6 Å². The van der Waals surface area contributed by atoms with Gasteiger partial charge in [-0.15, -0.1) is 11.6 Å². The number of fused-ring (bicyclic) bond motifs is 1. The molecular formula is C10H18ClN. The topological polar surface area (TPSA) is 3.24 Å². The van der Waals surface area contributed by atoms with E-state index in [2.05, 4.69) is 4.90 Å². The SMILES string of the molecule is ClCCN1CC[C@@H]2CCCC[C@@H]21. The third-order valence-corrected chi connectivity index (χ3v) is 3.67. The van der Waals surface area contributed by atoms with Crippen molar-refractivity contribution in [3.05, 3.63) is 0 Å². The van der Waals surface area contributed by atoms with Gasteiger partial charge in [-0.05, 0) is 31.7 Å². The van der Waals surface area contributed by atoms with Crippen LogP contribution < -0.4 is 0 Å². The lowest BCUT2D eigenvalue weighted by Gasteiger charge is -2.31. The largest absolute Gasteiger partial charge is 0.299 e. The Morgan fingerprint density at radius 3 is 2.83 bits per heavy atom. The highest BCUT2D eigenvalue weighted by molar-refractivity contribution is 6.18. The maximum atomic E-state index is 5.77. The predicted octanol–water partition coefficient (Wildman–Crippen LogP) is 2.49. The second kappa shape index (κ2) is 3.97. The van der Waals surface area contributed by atoms with Crippen LogP contribution in [0.2, 0.25) is 0 Å². The molecule has 2 atom stereocenters. The van der Waals surface area contributed by atoms with E-state index in [4.69, 9.17) is 11.6 Å². The van der Waals surface area contributed by atoms with Crippen LogP contribution in [0.4, 0.5) is 0 Å². The van der Waals surface area contributed by atoms with Crippen LogP contribution in [0.3, 0.4) is 0 Å². The molecule has 0 aromatic rings. The zero-order valence-corrected chi connectivity index (χ0v) is 8.39. The molecule has 1 nitrogen and oxygen atoms in total. The monoisotopic (exact) mass is 187 g/mol. The number of hydrogen-bond acceptors (Lipinski definition) is 1. The Balaban J connectivity index is 1.92. The van der Waals surface area contributed by atoms with Gasteiger partial charge >= 0.3 is 0 Å². The molecular weight excluding hydrogens is 170 g/mol. The summed E-state index contributed by atoms with van der Waals surface area (Å²) in [6, 6.07) is 0.900. The molecule has 1 aliphatic heterocycles. The molecule has 0 unspecified atom stereocenters. The van der Waals surface area contributed by atoms with Gasteiger partial charge < -0.3 is 0 Å². The van der Waals surface area contributed by atoms with E-state index in [-0.39, 0.29) is 0 Å². The molecule has 2 rings (SSSR count). The summed E-state index contributed by atoms with van der Waals surface area (Å²) in [4.78, 5) is 2.61. The second-order valence-electron chi connectivity index (χ2n) is 4.13. The van der Waals surface area contributed by atoms with Crippen molar-refractivity contribution in [2.75, 3.05) is 19.0 Å². The Labute approximate surface area is 80.1 Å². The fourth-order valence-electron chi connectivity index (χ4n) is 2.89. The maximum Gasteiger partial charge on any atom is 0.0351 e. The molecule has 2 aliphatic rings. The van der Waals surface area contributed by atoms with Crippen LogP contribution in [0.5, 0.6) is 0 Å². The maximum absolute atomic E-state index is 5.77. The molecule has 12 heavy (non-hydrogen) atoms. The summed E-state index contributed by atoms with van der Waals surface area (Å²) >= 11 is 5.77. The van der Waals surface area contributed by atoms with Crippen molar-refractivity contribution >= 4 is 11.6 Å². The van der Waals surface area contributed by atoms with Crippen LogP contribution in [0, 0.1) is 5.92 Å². The molecule has 0 aromatic carbocycles. The van der Waals surface area contributed by atoms with E-state index in [0.717, 1.165) is 24.4 Å². The molecule has 0 N–H and O–H groups in total. The first kappa shape index (κ1) is 8.83. The fourth-order valence-corrected chi connectivity index (χ4v) is 3.11. The van der Waals surface area contributed by atoms with Crippen LogP contribution in [0.1, 0.15) is 32.1 Å². The minimum atomic E-state index is 0.809. The van der Waals surface area contributed by atoms with Crippen molar-refractivity contribution in [1.29, 1.82) is 0 Å². The quantitative estimate of drug-likeness (QED) is 0.601. The van der Waals surface area contributed by atoms with Crippen LogP contribution >= 0.6 is 11.6 Å². The van der Waals surface area contributed by atoms with Gasteiger partial charge in [-0.2, -0.15) is 0 Å². The van der Waals surface area contributed by atoms with Gasteiger partial charge in [0.1, 0.15) is 0 Å². The van der Waals surface area contributed by atoms with Gasteiger partial charge in [0.2, 0.25) is 0 Å². The van der Waals surface area contributed by atoms with Gasteiger partial charge in [0.15, 0.2) is 0 Å². The molecule has 1 saturated heterocycles. The Morgan fingerprint density at radius 1 is 1.17 bits per heavy atom. The first-order valence-corrected chi connectivity index (χ1v) is 5.75. The highest BCUT2D eigenvalue weighted by Gasteiger charge is 2.34. The lowest BCUT2D eigenvalue weighted by atomic mass is 9.85. The summed E-state index contributed by atoms with van der Waals surface area (Å²) in [5.41, 5.74) is 0. The number of rotatable bonds is 2. The summed E-state index contributed by atoms with van der Waals surface area (Å²) in [6.07, 6.45) is 7.25. The van der Waals surface area contributed by atoms with Crippen LogP contribution in [0.15, 0.2) is 0 Å². The number of likely N-dealkylation sites (tertiary alicyclic amines) is 1. The van der Waals surface area contributed by atoms with Gasteiger partial charge in [-0.1, -0.05) is 12.8 Å². The summed E-state index contributed by atoms with van der Waals surface area (Å²) in [7, 11) is 0. The van der Waals surface area contributed by atoms with Gasteiger partial charge in [0.05, 0.1) is 0 Å². The van der Waals surface area contributed by atoms with Crippen LogP contribution in [-0.4, -0.2) is 29.9 Å². The normalized spacial score (nSPS) is 36.8. The minimum absolute atomic E-state index is 0.809. The van der Waals surface area contributed by atoms with Crippen molar-refractivity contribution in [2.45, 2.75) is 38.1 Å². The second-order valence-corrected chi connectivity index (χ2v) is 4.50. The van der Waals surface area contributed by atoms with Crippen LogP contribution in [-0.2, 0) is 0 Å². The Kier molecular flexibility index (Phi) is 2.92. The molecule has 0 spiro atoms. The molecule has 1 saturated carbocycles. The first-order chi connectivity index (χ1) is 5.92. The third kappa shape index (κ3) is 1.62. The van der Waals surface area contributed by atoms with Gasteiger partial charge in [0, 0.05) is 18.5 Å². The lowest BCUT2D eigenvalue weighted by Crippen LogP contribution is -2.35. The average molecular weight is 188 g/mol.